The summed E-state index contributed by atoms with van der Waals surface area (Å²) < 4.78 is 23.1. The van der Waals surface area contributed by atoms with Crippen molar-refractivity contribution in [2.75, 3.05) is 24.3 Å². The second kappa shape index (κ2) is 39.5. The van der Waals surface area contributed by atoms with Crippen LogP contribution in [0.25, 0.3) is 0 Å². The molecule has 39 heteroatoms. The fourth-order valence-corrected chi connectivity index (χ4v) is 17.5. The van der Waals surface area contributed by atoms with Gasteiger partial charge in [0, 0.05) is 106 Å². The number of hydrogen-bond donors (Lipinski definition) is 7. The van der Waals surface area contributed by atoms with Gasteiger partial charge in [0.15, 0.2) is 0 Å². The van der Waals surface area contributed by atoms with Crippen molar-refractivity contribution in [1.82, 2.24) is 61.3 Å². The number of anilines is 2. The highest BCUT2D eigenvalue weighted by atomic mass is 16.5. The third-order valence-corrected chi connectivity index (χ3v) is 23.5. The number of imide groups is 9. The van der Waals surface area contributed by atoms with E-state index in [9.17, 15) is 101 Å². The number of benzene rings is 6. The minimum absolute atomic E-state index is 0.0994. The molecular formula is C100H112N14O25. The molecule has 6 aromatic carbocycles. The fourth-order valence-electron chi connectivity index (χ4n) is 17.5. The van der Waals surface area contributed by atoms with Gasteiger partial charge in [0.25, 0.3) is 53.2 Å². The van der Waals surface area contributed by atoms with Gasteiger partial charge in [0.05, 0.1) is 33.4 Å². The van der Waals surface area contributed by atoms with Gasteiger partial charge in [0.1, 0.15) is 81.7 Å². The van der Waals surface area contributed by atoms with Gasteiger partial charge in [-0.25, -0.2) is 0 Å². The zero-order valence-electron chi connectivity index (χ0n) is 80.3. The summed E-state index contributed by atoms with van der Waals surface area (Å²) in [5, 5.41) is 16.7. The summed E-state index contributed by atoms with van der Waals surface area (Å²) in [6, 6.07) is 26.2. The largest absolute Gasteiger partial charge is 0.488 e. The van der Waals surface area contributed by atoms with Crippen LogP contribution in [0.4, 0.5) is 11.4 Å². The van der Waals surface area contributed by atoms with Crippen molar-refractivity contribution in [2.24, 2.45) is 0 Å². The Labute approximate surface area is 800 Å². The van der Waals surface area contributed by atoms with Crippen molar-refractivity contribution >= 4 is 135 Å². The van der Waals surface area contributed by atoms with Crippen LogP contribution in [0.3, 0.4) is 0 Å². The lowest BCUT2D eigenvalue weighted by Gasteiger charge is -2.29. The smallest absolute Gasteiger partial charge is 0.262 e. The fraction of sp³-hybridized carbons (Fsp3) is 0.430. The van der Waals surface area contributed by atoms with E-state index in [1.54, 1.807) is 65.6 Å². The van der Waals surface area contributed by atoms with Crippen LogP contribution in [0.1, 0.15) is 291 Å². The van der Waals surface area contributed by atoms with Gasteiger partial charge in [0.2, 0.25) is 70.9 Å². The molecule has 12 aliphatic rings. The van der Waals surface area contributed by atoms with E-state index in [1.807, 2.05) is 147 Å². The molecular weight excluding hydrogens is 1800 g/mol. The van der Waals surface area contributed by atoms with Crippen molar-refractivity contribution in [2.45, 2.75) is 265 Å². The maximum absolute atomic E-state index is 12.7. The molecule has 6 saturated heterocycles. The molecule has 21 amide bonds. The molecule has 139 heavy (non-hydrogen) atoms. The van der Waals surface area contributed by atoms with Crippen molar-refractivity contribution in [3.63, 3.8) is 0 Å². The number of fused-ring (bicyclic) bond motifs is 6. The van der Waals surface area contributed by atoms with Crippen LogP contribution in [0.15, 0.2) is 109 Å². The minimum atomic E-state index is -0.956. The Bertz CT molecular complexity index is 5790. The lowest BCUT2D eigenvalue weighted by Crippen LogP contribution is -2.54. The number of piperidine rings is 6. The van der Waals surface area contributed by atoms with Crippen LogP contribution in [-0.2, 0) is 77.2 Å². The molecule has 39 nitrogen and oxygen atoms in total. The van der Waals surface area contributed by atoms with Crippen LogP contribution >= 0.6 is 0 Å². The number of hydrogen-bond acceptors (Lipinski definition) is 27. The first-order valence-corrected chi connectivity index (χ1v) is 45.6. The highest BCUT2D eigenvalue weighted by Gasteiger charge is 2.50. The van der Waals surface area contributed by atoms with Gasteiger partial charge in [-0.3, -0.25) is 147 Å². The van der Waals surface area contributed by atoms with E-state index in [-0.39, 0.29) is 155 Å². The van der Waals surface area contributed by atoms with Gasteiger partial charge >= 0.3 is 0 Å². The maximum Gasteiger partial charge on any atom is 0.262 e. The number of ether oxygens (including phenoxy) is 4. The first-order valence-electron chi connectivity index (χ1n) is 45.6. The third kappa shape index (κ3) is 23.2. The van der Waals surface area contributed by atoms with E-state index in [0.29, 0.717) is 78.6 Å². The average molecular weight is 1910 g/mol. The average Bonchev–Trinajstić information content (AvgIpc) is 1.64. The van der Waals surface area contributed by atoms with Gasteiger partial charge < -0.3 is 43.9 Å². The standard InChI is InChI=1S/C17H19N3O4.2C17H18N2O5.2C17H20N2O4.C15H17N3O3/c1-17(2,3)19-9-4-5-10-11(8-9)16(24)20(15(10)23)12-6-7-13(21)18-14(12)22;2*1-17(2,3)24-9-4-5-10-11(8-9)16(23)19(15(10)22)12-6-7-13(20)18-14(12)21;2*1-17(2,3)23-11-4-5-12-10(8-11)9-19(16(12)22)13-6-7-14(20)18-15(13)21;1-17(2)10-3-4-11-9(7-10)8-18(15(11)21)12-5-6-13(19)16-14(12)20/h4-5,8,12,19H,6-7H2,1-3H3,(H,18,21,22);2*4-5,8,12H,6-7H2,1-3H3,(H,18,20,21);2*4-5,8,13H,6-7,9H2,1-3H3,(H,18,20,21);3-4,7,12H,5-6,8H2,1-2H3,(H,16,19,20). The van der Waals surface area contributed by atoms with Gasteiger partial charge in [-0.05, 0) is 268 Å². The van der Waals surface area contributed by atoms with E-state index in [0.717, 1.165) is 42.8 Å². The normalized spacial score (nSPS) is 21.1. The van der Waals surface area contributed by atoms with Crippen molar-refractivity contribution < 1.29 is 120 Å². The lowest BCUT2D eigenvalue weighted by molar-refractivity contribution is -0.138. The van der Waals surface area contributed by atoms with Crippen LogP contribution in [-0.4, -0.2) is 232 Å². The molecule has 0 spiro atoms. The molecule has 6 atom stereocenters. The topological polar surface area (TPSA) is 502 Å². The van der Waals surface area contributed by atoms with Crippen LogP contribution in [0, 0.1) is 0 Å². The van der Waals surface area contributed by atoms with Crippen molar-refractivity contribution in [3.8, 4) is 23.0 Å². The Balaban J connectivity index is 0.000000141. The van der Waals surface area contributed by atoms with Crippen molar-refractivity contribution in [1.29, 1.82) is 0 Å². The molecule has 732 valence electrons. The van der Waals surface area contributed by atoms with E-state index >= 15 is 0 Å². The predicted molar refractivity (Wildman–Crippen MR) is 496 cm³/mol. The number of nitrogens with one attached hydrogen (secondary N) is 7. The first-order chi connectivity index (χ1) is 65.0. The van der Waals surface area contributed by atoms with E-state index in [2.05, 4.69) is 37.2 Å². The van der Waals surface area contributed by atoms with E-state index in [4.69, 9.17) is 18.9 Å². The molecule has 12 aliphatic heterocycles. The number of rotatable bonds is 12. The summed E-state index contributed by atoms with van der Waals surface area (Å²) in [4.78, 5) is 262. The highest BCUT2D eigenvalue weighted by molar-refractivity contribution is 6.26. The van der Waals surface area contributed by atoms with E-state index in [1.165, 1.54) is 34.1 Å². The summed E-state index contributed by atoms with van der Waals surface area (Å²) in [7, 11) is 3.88. The maximum atomic E-state index is 12.7. The predicted octanol–water partition coefficient (Wildman–Crippen LogP) is 7.59. The van der Waals surface area contributed by atoms with E-state index < -0.39 is 124 Å². The molecule has 0 radical (unpaired) electrons. The van der Waals surface area contributed by atoms with Gasteiger partial charge in [-0.2, -0.15) is 0 Å². The Morgan fingerprint density at radius 3 is 0.755 bits per heavy atom. The molecule has 0 aliphatic carbocycles. The van der Waals surface area contributed by atoms with Crippen LogP contribution in [0.2, 0.25) is 0 Å². The van der Waals surface area contributed by atoms with Crippen LogP contribution < -0.4 is 61.1 Å². The molecule has 6 aromatic rings. The number of amides is 21. The summed E-state index contributed by atoms with van der Waals surface area (Å²) in [5.41, 5.74) is 5.96. The molecule has 0 bridgehead atoms. The Hall–Kier alpha value is -15.2. The first kappa shape index (κ1) is 101. The molecule has 0 aromatic heterocycles. The Morgan fingerprint density at radius 2 is 0.496 bits per heavy atom. The number of carbonyl (C=O) groups is 21. The zero-order chi connectivity index (χ0) is 102. The van der Waals surface area contributed by atoms with Gasteiger partial charge in [-0.15, -0.1) is 0 Å². The summed E-state index contributed by atoms with van der Waals surface area (Å²) in [5.74, 6) is -6.23. The van der Waals surface area contributed by atoms with Gasteiger partial charge in [-0.1, -0.05) is 0 Å². The molecule has 0 saturated carbocycles. The highest BCUT2D eigenvalue weighted by Crippen LogP contribution is 2.39. The molecule has 18 rings (SSSR count). The molecule has 6 unspecified atom stereocenters. The SMILES string of the molecule is CC(C)(C)Nc1ccc2c(c1)C(=O)N(C1CCC(=O)NC1=O)C2=O.CC(C)(C)Oc1ccc2c(c1)C(=O)N(C1CCC(=O)NC1=O)C2=O.CC(C)(C)Oc1ccc2c(c1)C(=O)N(C1CCC(=O)NC1=O)C2=O.CC(C)(C)Oc1ccc2c(c1)CN(C1CCC(=O)NC1=O)C2=O.CC(C)(C)Oc1ccc2c(c1)CN(C1CCC(=O)NC1=O)C2=O.CN(C)c1ccc2c(c1)CN(C1CCC(=O)NC1=O)C2=O. The van der Waals surface area contributed by atoms with Crippen LogP contribution in [0.5, 0.6) is 23.0 Å². The minimum Gasteiger partial charge on any atom is -0.488 e. The number of nitrogens with zero attached hydrogens (tertiary/aromatic N) is 7. The third-order valence-electron chi connectivity index (χ3n) is 23.5. The Kier molecular flexibility index (Phi) is 28.7. The summed E-state index contributed by atoms with van der Waals surface area (Å²) >= 11 is 0. The Morgan fingerprint density at radius 1 is 0.266 bits per heavy atom. The second-order valence-corrected chi connectivity index (χ2v) is 40.3. The monoisotopic (exact) mass is 1910 g/mol. The molecule has 7 N–H and O–H groups in total. The quantitative estimate of drug-likeness (QED) is 0.0580. The molecule has 6 fully saturated rings. The number of carbonyl (C=O) groups excluding carboxylic acids is 21. The molecule has 12 heterocycles. The zero-order valence-corrected chi connectivity index (χ0v) is 80.3. The summed E-state index contributed by atoms with van der Waals surface area (Å²) in [6.45, 7) is 30.1. The van der Waals surface area contributed by atoms with Crippen molar-refractivity contribution in [3.05, 3.63) is 176 Å². The summed E-state index contributed by atoms with van der Waals surface area (Å²) in [6.07, 6.45) is 2.68. The lowest BCUT2D eigenvalue weighted by atomic mass is 10.0. The second-order valence-electron chi connectivity index (χ2n) is 40.3.